The Hall–Kier alpha value is -0.710. The van der Waals surface area contributed by atoms with Crippen LogP contribution in [0, 0.1) is 5.92 Å². The molecule has 1 heterocycles. The van der Waals surface area contributed by atoms with Crippen LogP contribution >= 0.6 is 23.4 Å². The van der Waals surface area contributed by atoms with Crippen molar-refractivity contribution < 1.29 is 9.53 Å². The number of methoxy groups -OCH3 is 1. The van der Waals surface area contributed by atoms with Gasteiger partial charge in [0.2, 0.25) is 0 Å². The number of ether oxygens (including phenoxy) is 1. The van der Waals surface area contributed by atoms with Crippen LogP contribution in [0.3, 0.4) is 0 Å². The van der Waals surface area contributed by atoms with E-state index in [9.17, 15) is 4.79 Å². The van der Waals surface area contributed by atoms with Gasteiger partial charge >= 0.3 is 0 Å². The number of ketones is 1. The van der Waals surface area contributed by atoms with E-state index < -0.39 is 0 Å². The normalized spacial score (nSPS) is 19.1. The molecule has 0 aliphatic carbocycles. The summed E-state index contributed by atoms with van der Waals surface area (Å²) in [6, 6.07) is 5.26. The van der Waals surface area contributed by atoms with Crippen LogP contribution in [0.5, 0.6) is 5.75 Å². The molecule has 0 N–H and O–H groups in total. The fraction of sp³-hybridized carbons (Fsp3) is 0.588. The monoisotopic (exact) mass is 341 g/mol. The van der Waals surface area contributed by atoms with E-state index in [4.69, 9.17) is 16.3 Å². The fourth-order valence-corrected chi connectivity index (χ4v) is 3.59. The second-order valence-corrected chi connectivity index (χ2v) is 7.12. The van der Waals surface area contributed by atoms with Crippen LogP contribution in [-0.2, 0) is 0 Å². The van der Waals surface area contributed by atoms with Gasteiger partial charge in [-0.25, -0.2) is 0 Å². The Labute approximate surface area is 142 Å². The number of carbonyl (C=O) groups is 1. The first-order valence-electron chi connectivity index (χ1n) is 7.74. The smallest absolute Gasteiger partial charge is 0.170 e. The highest BCUT2D eigenvalue weighted by Gasteiger charge is 2.28. The van der Waals surface area contributed by atoms with Gasteiger partial charge in [0, 0.05) is 17.5 Å². The molecule has 0 spiro atoms. The van der Waals surface area contributed by atoms with Crippen LogP contribution in [0.2, 0.25) is 5.02 Å². The summed E-state index contributed by atoms with van der Waals surface area (Å²) in [6.07, 6.45) is 5.35. The quantitative estimate of drug-likeness (QED) is 0.554. The largest absolute Gasteiger partial charge is 0.496 e. The van der Waals surface area contributed by atoms with Crippen LogP contribution in [-0.4, -0.2) is 49.4 Å². The molecule has 1 saturated heterocycles. The summed E-state index contributed by atoms with van der Waals surface area (Å²) >= 11 is 7.93. The van der Waals surface area contributed by atoms with Crippen molar-refractivity contribution in [3.8, 4) is 5.75 Å². The molecular formula is C17H24ClNO2S. The van der Waals surface area contributed by atoms with Crippen molar-refractivity contribution in [3.63, 3.8) is 0 Å². The molecule has 0 saturated carbocycles. The molecule has 0 radical (unpaired) electrons. The number of rotatable bonds is 7. The third-order valence-corrected chi connectivity index (χ3v) is 5.06. The summed E-state index contributed by atoms with van der Waals surface area (Å²) in [5.41, 5.74) is 0.617. The van der Waals surface area contributed by atoms with Gasteiger partial charge in [0.25, 0.3) is 0 Å². The Balaban J connectivity index is 2.04. The number of nitrogens with zero attached hydrogens (tertiary/aromatic N) is 1. The lowest BCUT2D eigenvalue weighted by Crippen LogP contribution is -2.39. The SMILES string of the molecule is COc1ccc(Cl)cc1C(=O)[C@H]1CCCN(CCCSC)C1. The molecule has 3 nitrogen and oxygen atoms in total. The lowest BCUT2D eigenvalue weighted by Gasteiger charge is -2.32. The van der Waals surface area contributed by atoms with E-state index in [0.29, 0.717) is 16.3 Å². The second kappa shape index (κ2) is 8.80. The van der Waals surface area contributed by atoms with Crippen molar-refractivity contribution in [1.29, 1.82) is 0 Å². The first-order valence-corrected chi connectivity index (χ1v) is 9.52. The zero-order valence-corrected chi connectivity index (χ0v) is 14.9. The Bertz CT molecular complexity index is 509. The molecule has 0 amide bonds. The summed E-state index contributed by atoms with van der Waals surface area (Å²) in [6.45, 7) is 3.03. The number of Topliss-reactive ketones (excluding diaryl/α,β-unsaturated/α-hetero) is 1. The van der Waals surface area contributed by atoms with Crippen molar-refractivity contribution >= 4 is 29.1 Å². The first-order chi connectivity index (χ1) is 10.7. The summed E-state index contributed by atoms with van der Waals surface area (Å²) < 4.78 is 5.32. The predicted octanol–water partition coefficient (Wildman–Crippen LogP) is 4.00. The second-order valence-electron chi connectivity index (χ2n) is 5.69. The molecule has 122 valence electrons. The van der Waals surface area contributed by atoms with Crippen molar-refractivity contribution in [2.75, 3.05) is 38.8 Å². The molecule has 2 rings (SSSR count). The molecule has 1 fully saturated rings. The summed E-state index contributed by atoms with van der Waals surface area (Å²) in [4.78, 5) is 15.3. The zero-order chi connectivity index (χ0) is 15.9. The van der Waals surface area contributed by atoms with Gasteiger partial charge in [-0.15, -0.1) is 0 Å². The molecule has 1 aliphatic rings. The van der Waals surface area contributed by atoms with Crippen LogP contribution in [0.15, 0.2) is 18.2 Å². The maximum Gasteiger partial charge on any atom is 0.170 e. The Kier molecular flexibility index (Phi) is 7.06. The zero-order valence-electron chi connectivity index (χ0n) is 13.3. The standard InChI is InChI=1S/C17H24ClNO2S/c1-21-16-7-6-14(18)11-15(16)17(20)13-5-3-8-19(12-13)9-4-10-22-2/h6-7,11,13H,3-5,8-10,12H2,1-2H3/t13-/m0/s1. The Morgan fingerprint density at radius 3 is 3.05 bits per heavy atom. The number of likely N-dealkylation sites (tertiary alicyclic amines) is 1. The molecule has 1 atom stereocenters. The molecule has 1 aromatic carbocycles. The molecule has 0 bridgehead atoms. The van der Waals surface area contributed by atoms with Crippen LogP contribution in [0.25, 0.3) is 0 Å². The van der Waals surface area contributed by atoms with Gasteiger partial charge in [0.1, 0.15) is 5.75 Å². The highest BCUT2D eigenvalue weighted by atomic mass is 35.5. The van der Waals surface area contributed by atoms with Crippen molar-refractivity contribution in [3.05, 3.63) is 28.8 Å². The van der Waals surface area contributed by atoms with Gasteiger partial charge in [0.15, 0.2) is 5.78 Å². The van der Waals surface area contributed by atoms with E-state index in [0.717, 1.165) is 32.5 Å². The minimum atomic E-state index is 0.0513. The van der Waals surface area contributed by atoms with E-state index in [2.05, 4.69) is 11.2 Å². The minimum absolute atomic E-state index is 0.0513. The first kappa shape index (κ1) is 17.6. The highest BCUT2D eigenvalue weighted by molar-refractivity contribution is 7.98. The average Bonchev–Trinajstić information content (AvgIpc) is 2.54. The number of carbonyl (C=O) groups excluding carboxylic acids is 1. The topological polar surface area (TPSA) is 29.5 Å². The number of hydrogen-bond acceptors (Lipinski definition) is 4. The van der Waals surface area contributed by atoms with E-state index in [1.54, 1.807) is 25.3 Å². The Morgan fingerprint density at radius 2 is 2.32 bits per heavy atom. The third kappa shape index (κ3) is 4.64. The third-order valence-electron chi connectivity index (χ3n) is 4.13. The fourth-order valence-electron chi connectivity index (χ4n) is 3.00. The van der Waals surface area contributed by atoms with Gasteiger partial charge in [-0.05, 0) is 62.6 Å². The van der Waals surface area contributed by atoms with Crippen molar-refractivity contribution in [1.82, 2.24) is 4.90 Å². The van der Waals surface area contributed by atoms with Gasteiger partial charge in [0.05, 0.1) is 12.7 Å². The lowest BCUT2D eigenvalue weighted by molar-refractivity contribution is 0.0817. The molecule has 22 heavy (non-hydrogen) atoms. The molecular weight excluding hydrogens is 318 g/mol. The highest BCUT2D eigenvalue weighted by Crippen LogP contribution is 2.28. The van der Waals surface area contributed by atoms with E-state index in [1.165, 1.54) is 12.2 Å². The molecule has 0 aromatic heterocycles. The number of hydrogen-bond donors (Lipinski definition) is 0. The summed E-state index contributed by atoms with van der Waals surface area (Å²) in [5.74, 6) is 2.01. The molecule has 0 unspecified atom stereocenters. The minimum Gasteiger partial charge on any atom is -0.496 e. The van der Waals surface area contributed by atoms with Crippen molar-refractivity contribution in [2.45, 2.75) is 19.3 Å². The Morgan fingerprint density at radius 1 is 1.50 bits per heavy atom. The number of halogens is 1. The van der Waals surface area contributed by atoms with Gasteiger partial charge < -0.3 is 9.64 Å². The molecule has 1 aromatic rings. The van der Waals surface area contributed by atoms with E-state index in [1.807, 2.05) is 11.8 Å². The lowest BCUT2D eigenvalue weighted by atomic mass is 9.89. The average molecular weight is 342 g/mol. The number of thioether (sulfide) groups is 1. The van der Waals surface area contributed by atoms with Gasteiger partial charge in [-0.3, -0.25) is 4.79 Å². The summed E-state index contributed by atoms with van der Waals surface area (Å²) in [7, 11) is 1.59. The van der Waals surface area contributed by atoms with E-state index >= 15 is 0 Å². The van der Waals surface area contributed by atoms with Crippen LogP contribution < -0.4 is 4.74 Å². The predicted molar refractivity (Wildman–Crippen MR) is 94.5 cm³/mol. The maximum absolute atomic E-state index is 12.8. The van der Waals surface area contributed by atoms with Gasteiger partial charge in [-0.1, -0.05) is 11.6 Å². The number of piperidine rings is 1. The van der Waals surface area contributed by atoms with Crippen molar-refractivity contribution in [2.24, 2.45) is 5.92 Å². The maximum atomic E-state index is 12.8. The van der Waals surface area contributed by atoms with Crippen LogP contribution in [0.4, 0.5) is 0 Å². The number of benzene rings is 1. The summed E-state index contributed by atoms with van der Waals surface area (Å²) in [5, 5.41) is 0.580. The van der Waals surface area contributed by atoms with Gasteiger partial charge in [-0.2, -0.15) is 11.8 Å². The molecule has 5 heteroatoms. The van der Waals surface area contributed by atoms with E-state index in [-0.39, 0.29) is 11.7 Å². The van der Waals surface area contributed by atoms with Crippen LogP contribution in [0.1, 0.15) is 29.6 Å². The molecule has 1 aliphatic heterocycles.